The maximum atomic E-state index is 12.4. The van der Waals surface area contributed by atoms with Gasteiger partial charge in [0.1, 0.15) is 0 Å². The Morgan fingerprint density at radius 1 is 1.31 bits per heavy atom. The van der Waals surface area contributed by atoms with E-state index in [4.69, 9.17) is 14.4 Å². The third kappa shape index (κ3) is 5.00. The van der Waals surface area contributed by atoms with Crippen molar-refractivity contribution in [1.29, 1.82) is 0 Å². The van der Waals surface area contributed by atoms with Gasteiger partial charge in [0.25, 0.3) is 23.8 Å². The number of carboxylic acid groups (broad SMARTS) is 1. The zero-order chi connectivity index (χ0) is 21.4. The molecule has 3 rings (SSSR count). The SMILES string of the molecule is CNC(=O)c1noc(CNC(=O)C(C)c2n[nH]c(=O)c3ccccc23)n1.O=CO. The Labute approximate surface area is 163 Å². The molecule has 0 radical (unpaired) electrons. The van der Waals surface area contributed by atoms with Gasteiger partial charge in [-0.25, -0.2) is 5.10 Å². The number of rotatable bonds is 5. The van der Waals surface area contributed by atoms with E-state index in [1.165, 1.54) is 7.05 Å². The van der Waals surface area contributed by atoms with Crippen molar-refractivity contribution in [1.82, 2.24) is 31.0 Å². The van der Waals surface area contributed by atoms with Crippen LogP contribution in [0.4, 0.5) is 0 Å². The van der Waals surface area contributed by atoms with Crippen molar-refractivity contribution in [3.8, 4) is 0 Å². The molecule has 2 heterocycles. The number of carbonyl (C=O) groups is 3. The van der Waals surface area contributed by atoms with Gasteiger partial charge in [-0.3, -0.25) is 19.2 Å². The molecule has 12 nitrogen and oxygen atoms in total. The van der Waals surface area contributed by atoms with Crippen LogP contribution in [0.1, 0.15) is 35.0 Å². The smallest absolute Gasteiger partial charge is 0.292 e. The lowest BCUT2D eigenvalue weighted by Crippen LogP contribution is -2.29. The van der Waals surface area contributed by atoms with E-state index in [0.717, 1.165) is 0 Å². The highest BCUT2D eigenvalue weighted by atomic mass is 16.5. The van der Waals surface area contributed by atoms with Gasteiger partial charge in [-0.05, 0) is 13.0 Å². The zero-order valence-electron chi connectivity index (χ0n) is 15.5. The molecule has 0 saturated heterocycles. The summed E-state index contributed by atoms with van der Waals surface area (Å²) in [5, 5.41) is 22.9. The molecule has 12 heteroatoms. The van der Waals surface area contributed by atoms with Gasteiger partial charge < -0.3 is 20.3 Å². The summed E-state index contributed by atoms with van der Waals surface area (Å²) in [6, 6.07) is 6.93. The third-order valence-electron chi connectivity index (χ3n) is 3.84. The molecular formula is C17H18N6O6. The van der Waals surface area contributed by atoms with Crippen LogP contribution in [0.2, 0.25) is 0 Å². The number of aromatic nitrogens is 4. The lowest BCUT2D eigenvalue weighted by molar-refractivity contribution is -0.123. The quantitative estimate of drug-likeness (QED) is 0.420. The van der Waals surface area contributed by atoms with Gasteiger partial charge in [0.05, 0.1) is 23.5 Å². The molecule has 1 atom stereocenters. The molecule has 0 aliphatic heterocycles. The fraction of sp³-hybridized carbons (Fsp3) is 0.235. The molecular weight excluding hydrogens is 384 g/mol. The van der Waals surface area contributed by atoms with E-state index in [0.29, 0.717) is 16.5 Å². The zero-order valence-corrected chi connectivity index (χ0v) is 15.5. The molecule has 1 unspecified atom stereocenters. The predicted octanol–water partition coefficient (Wildman–Crippen LogP) is -0.214. The Kier molecular flexibility index (Phi) is 7.12. The standard InChI is InChI=1S/C16H16N6O4.CH2O2/c1-8(12-9-5-3-4-6-10(9)15(24)21-20-12)14(23)18-7-11-19-13(22-26-11)16(25)17-2;2-1-3/h3-6,8H,7H2,1-2H3,(H,17,25)(H,18,23)(H,21,24);1H,(H,2,3). The van der Waals surface area contributed by atoms with Crippen molar-refractivity contribution < 1.29 is 24.0 Å². The Bertz CT molecular complexity index is 1080. The summed E-state index contributed by atoms with van der Waals surface area (Å²) in [4.78, 5) is 47.9. The lowest BCUT2D eigenvalue weighted by atomic mass is 10.0. The fourth-order valence-corrected chi connectivity index (χ4v) is 2.44. The monoisotopic (exact) mass is 402 g/mol. The third-order valence-corrected chi connectivity index (χ3v) is 3.84. The van der Waals surface area contributed by atoms with Crippen LogP contribution in [0.5, 0.6) is 0 Å². The first kappa shape index (κ1) is 21.2. The van der Waals surface area contributed by atoms with E-state index in [1.807, 2.05) is 0 Å². The Balaban J connectivity index is 0.000000941. The Morgan fingerprint density at radius 2 is 1.97 bits per heavy atom. The molecule has 2 aromatic heterocycles. The molecule has 3 aromatic rings. The second-order valence-corrected chi connectivity index (χ2v) is 5.62. The molecule has 4 N–H and O–H groups in total. The number of amides is 2. The number of H-pyrrole nitrogens is 1. The van der Waals surface area contributed by atoms with Crippen molar-refractivity contribution in [3.63, 3.8) is 0 Å². The minimum absolute atomic E-state index is 0.0333. The number of aromatic amines is 1. The number of nitrogens with one attached hydrogen (secondary N) is 3. The van der Waals surface area contributed by atoms with Gasteiger partial charge in [-0.1, -0.05) is 23.4 Å². The van der Waals surface area contributed by atoms with Crippen molar-refractivity contribution in [3.05, 3.63) is 52.0 Å². The average molecular weight is 402 g/mol. The summed E-state index contributed by atoms with van der Waals surface area (Å²) in [7, 11) is 1.45. The number of benzene rings is 1. The molecule has 0 aliphatic carbocycles. The van der Waals surface area contributed by atoms with Crippen LogP contribution < -0.4 is 16.2 Å². The molecule has 29 heavy (non-hydrogen) atoms. The first-order chi connectivity index (χ1) is 13.9. The number of hydrogen-bond donors (Lipinski definition) is 4. The first-order valence-electron chi connectivity index (χ1n) is 8.30. The van der Waals surface area contributed by atoms with Crippen molar-refractivity contribution in [2.75, 3.05) is 7.05 Å². The van der Waals surface area contributed by atoms with Crippen LogP contribution in [-0.4, -0.2) is 50.8 Å². The van der Waals surface area contributed by atoms with Crippen LogP contribution in [0.25, 0.3) is 10.8 Å². The molecule has 0 saturated carbocycles. The topological polar surface area (TPSA) is 180 Å². The summed E-state index contributed by atoms with van der Waals surface area (Å²) >= 11 is 0. The first-order valence-corrected chi connectivity index (χ1v) is 8.30. The van der Waals surface area contributed by atoms with Gasteiger partial charge in [0, 0.05) is 12.4 Å². The van der Waals surface area contributed by atoms with Gasteiger partial charge in [0.2, 0.25) is 11.8 Å². The van der Waals surface area contributed by atoms with E-state index >= 15 is 0 Å². The Morgan fingerprint density at radius 3 is 2.62 bits per heavy atom. The molecule has 0 fully saturated rings. The van der Waals surface area contributed by atoms with Gasteiger partial charge in [0.15, 0.2) is 0 Å². The minimum Gasteiger partial charge on any atom is -0.483 e. The molecule has 152 valence electrons. The fourth-order valence-electron chi connectivity index (χ4n) is 2.44. The van der Waals surface area contributed by atoms with E-state index in [-0.39, 0.29) is 36.2 Å². The predicted molar refractivity (Wildman–Crippen MR) is 99.0 cm³/mol. The number of nitrogens with zero attached hydrogens (tertiary/aromatic N) is 3. The molecule has 1 aromatic carbocycles. The van der Waals surface area contributed by atoms with Gasteiger partial charge >= 0.3 is 0 Å². The normalized spacial score (nSPS) is 11.1. The Hall–Kier alpha value is -4.09. The lowest BCUT2D eigenvalue weighted by Gasteiger charge is -2.12. The minimum atomic E-state index is -0.627. The largest absolute Gasteiger partial charge is 0.483 e. The van der Waals surface area contributed by atoms with Crippen LogP contribution >= 0.6 is 0 Å². The molecule has 2 amide bonds. The van der Waals surface area contributed by atoms with E-state index < -0.39 is 11.8 Å². The van der Waals surface area contributed by atoms with E-state index in [9.17, 15) is 14.4 Å². The molecule has 0 aliphatic rings. The number of hydrogen-bond acceptors (Lipinski definition) is 8. The van der Waals surface area contributed by atoms with Gasteiger partial charge in [-0.2, -0.15) is 10.1 Å². The van der Waals surface area contributed by atoms with Crippen molar-refractivity contribution in [2.45, 2.75) is 19.4 Å². The maximum Gasteiger partial charge on any atom is 0.292 e. The highest BCUT2D eigenvalue weighted by molar-refractivity contribution is 5.91. The second kappa shape index (κ2) is 9.73. The van der Waals surface area contributed by atoms with Crippen molar-refractivity contribution >= 4 is 29.1 Å². The summed E-state index contributed by atoms with van der Waals surface area (Å²) in [5.74, 6) is -1.46. The number of fused-ring (bicyclic) bond motifs is 1. The highest BCUT2D eigenvalue weighted by Gasteiger charge is 2.21. The summed E-state index contributed by atoms with van der Waals surface area (Å²) in [6.45, 7) is 1.39. The maximum absolute atomic E-state index is 12.4. The molecule has 0 bridgehead atoms. The van der Waals surface area contributed by atoms with Crippen LogP contribution in [0.3, 0.4) is 0 Å². The van der Waals surface area contributed by atoms with E-state index in [2.05, 4.69) is 31.0 Å². The van der Waals surface area contributed by atoms with Crippen LogP contribution in [0.15, 0.2) is 33.6 Å². The van der Waals surface area contributed by atoms with Crippen molar-refractivity contribution in [2.24, 2.45) is 0 Å². The second-order valence-electron chi connectivity index (χ2n) is 5.62. The highest BCUT2D eigenvalue weighted by Crippen LogP contribution is 2.20. The summed E-state index contributed by atoms with van der Waals surface area (Å²) < 4.78 is 4.91. The van der Waals surface area contributed by atoms with Gasteiger partial charge in [-0.15, -0.1) is 0 Å². The van der Waals surface area contributed by atoms with Crippen LogP contribution in [-0.2, 0) is 16.1 Å². The van der Waals surface area contributed by atoms with E-state index in [1.54, 1.807) is 31.2 Å². The number of carbonyl (C=O) groups excluding carboxylic acids is 2. The van der Waals surface area contributed by atoms with Crippen LogP contribution in [0, 0.1) is 0 Å². The average Bonchev–Trinajstić information content (AvgIpc) is 3.21. The summed E-state index contributed by atoms with van der Waals surface area (Å²) in [6.07, 6.45) is 0. The molecule has 0 spiro atoms. The summed E-state index contributed by atoms with van der Waals surface area (Å²) in [5.41, 5.74) is 0.138.